The van der Waals surface area contributed by atoms with Crippen LogP contribution in [0, 0.1) is 18.8 Å². The number of carboxylic acid groups (broad SMARTS) is 1. The Morgan fingerprint density at radius 1 is 1.45 bits per heavy atom. The maximum atomic E-state index is 12.0. The molecule has 0 bridgehead atoms. The first-order valence-corrected chi connectivity index (χ1v) is 7.34. The summed E-state index contributed by atoms with van der Waals surface area (Å²) < 4.78 is 0. The van der Waals surface area contributed by atoms with Crippen molar-refractivity contribution in [1.29, 1.82) is 0 Å². The van der Waals surface area contributed by atoms with E-state index in [2.05, 4.69) is 10.3 Å². The lowest BCUT2D eigenvalue weighted by Crippen LogP contribution is -2.31. The summed E-state index contributed by atoms with van der Waals surface area (Å²) >= 11 is 1.14. The van der Waals surface area contributed by atoms with E-state index < -0.39 is 5.97 Å². The van der Waals surface area contributed by atoms with Gasteiger partial charge in [0.25, 0.3) is 5.91 Å². The molecule has 1 aromatic heterocycles. The van der Waals surface area contributed by atoms with E-state index in [-0.39, 0.29) is 18.2 Å². The van der Waals surface area contributed by atoms with E-state index in [9.17, 15) is 9.59 Å². The Morgan fingerprint density at radius 2 is 2.10 bits per heavy atom. The van der Waals surface area contributed by atoms with Crippen LogP contribution in [0.5, 0.6) is 0 Å². The van der Waals surface area contributed by atoms with Crippen LogP contribution in [0.2, 0.25) is 0 Å². The third kappa shape index (κ3) is 5.16. The molecule has 1 rings (SSSR count). The van der Waals surface area contributed by atoms with Crippen LogP contribution >= 0.6 is 11.3 Å². The number of amides is 1. The molecule has 1 aromatic rings. The molecule has 0 spiro atoms. The predicted octanol–water partition coefficient (Wildman–Crippen LogP) is 1.90. The molecule has 0 fully saturated rings. The molecule has 0 saturated carbocycles. The van der Waals surface area contributed by atoms with E-state index in [0.29, 0.717) is 28.2 Å². The molecule has 1 heterocycles. The molecule has 1 atom stereocenters. The van der Waals surface area contributed by atoms with Crippen molar-refractivity contribution in [2.45, 2.75) is 33.6 Å². The normalized spacial score (nSPS) is 12.4. The summed E-state index contributed by atoms with van der Waals surface area (Å²) in [4.78, 5) is 27.3. The van der Waals surface area contributed by atoms with E-state index in [1.165, 1.54) is 0 Å². The van der Waals surface area contributed by atoms with E-state index in [4.69, 9.17) is 10.8 Å². The van der Waals surface area contributed by atoms with Crippen molar-refractivity contribution >= 4 is 28.3 Å². The van der Waals surface area contributed by atoms with Crippen molar-refractivity contribution in [1.82, 2.24) is 10.3 Å². The number of rotatable bonds is 7. The zero-order valence-electron chi connectivity index (χ0n) is 12.0. The molecule has 4 N–H and O–H groups in total. The number of thiazole rings is 1. The number of nitrogens with one attached hydrogen (secondary N) is 1. The number of nitrogens with two attached hydrogens (primary N) is 1. The van der Waals surface area contributed by atoms with Crippen LogP contribution in [-0.4, -0.2) is 28.5 Å². The van der Waals surface area contributed by atoms with Gasteiger partial charge in [-0.3, -0.25) is 9.59 Å². The number of hydrogen-bond donors (Lipinski definition) is 3. The van der Waals surface area contributed by atoms with Gasteiger partial charge >= 0.3 is 5.97 Å². The molecular formula is C13H21N3O3S. The highest BCUT2D eigenvalue weighted by molar-refractivity contribution is 7.17. The topological polar surface area (TPSA) is 105 Å². The molecule has 6 nitrogen and oxygen atoms in total. The molecule has 0 saturated heterocycles. The molecule has 7 heteroatoms. The zero-order valence-corrected chi connectivity index (χ0v) is 12.8. The number of anilines is 1. The largest absolute Gasteiger partial charge is 0.481 e. The van der Waals surface area contributed by atoms with Gasteiger partial charge in [0.2, 0.25) is 0 Å². The van der Waals surface area contributed by atoms with Crippen LogP contribution in [0.3, 0.4) is 0 Å². The van der Waals surface area contributed by atoms with Crippen molar-refractivity contribution in [3.05, 3.63) is 10.6 Å². The second-order valence-electron chi connectivity index (χ2n) is 5.27. The molecular weight excluding hydrogens is 278 g/mol. The lowest BCUT2D eigenvalue weighted by molar-refractivity contribution is -0.138. The van der Waals surface area contributed by atoms with Gasteiger partial charge in [0.05, 0.1) is 5.69 Å². The fourth-order valence-corrected chi connectivity index (χ4v) is 2.85. The highest BCUT2D eigenvalue weighted by Crippen LogP contribution is 2.20. The lowest BCUT2D eigenvalue weighted by Gasteiger charge is -2.17. The van der Waals surface area contributed by atoms with Gasteiger partial charge in [-0.05, 0) is 25.2 Å². The van der Waals surface area contributed by atoms with Crippen LogP contribution in [0.15, 0.2) is 0 Å². The highest BCUT2D eigenvalue weighted by Gasteiger charge is 2.18. The number of nitrogens with zero attached hydrogens (tertiary/aromatic N) is 1. The minimum Gasteiger partial charge on any atom is -0.481 e. The number of aryl methyl sites for hydroxylation is 1. The number of carboxylic acids is 1. The summed E-state index contributed by atoms with van der Waals surface area (Å²) in [5.41, 5.74) is 6.16. The Labute approximate surface area is 122 Å². The molecule has 0 aliphatic carbocycles. The van der Waals surface area contributed by atoms with Gasteiger partial charge in [0.1, 0.15) is 4.88 Å². The van der Waals surface area contributed by atoms with Gasteiger partial charge in [-0.15, -0.1) is 0 Å². The summed E-state index contributed by atoms with van der Waals surface area (Å²) in [7, 11) is 0. The zero-order chi connectivity index (χ0) is 15.3. The number of carbonyl (C=O) groups is 2. The van der Waals surface area contributed by atoms with Crippen LogP contribution in [0.4, 0.5) is 5.13 Å². The number of aliphatic carboxylic acids is 1. The maximum Gasteiger partial charge on any atom is 0.303 e. The van der Waals surface area contributed by atoms with Crippen molar-refractivity contribution in [2.24, 2.45) is 11.8 Å². The Hall–Kier alpha value is -1.63. The fourth-order valence-electron chi connectivity index (χ4n) is 2.10. The van der Waals surface area contributed by atoms with Crippen LogP contribution in [0.25, 0.3) is 0 Å². The van der Waals surface area contributed by atoms with Crippen LogP contribution in [-0.2, 0) is 4.79 Å². The molecule has 1 amide bonds. The maximum absolute atomic E-state index is 12.0. The molecule has 0 aromatic carbocycles. The van der Waals surface area contributed by atoms with Gasteiger partial charge < -0.3 is 16.2 Å². The van der Waals surface area contributed by atoms with Gasteiger partial charge in [-0.2, -0.15) is 0 Å². The van der Waals surface area contributed by atoms with Crippen molar-refractivity contribution in [3.8, 4) is 0 Å². The summed E-state index contributed by atoms with van der Waals surface area (Å²) in [5.74, 6) is -0.766. The molecule has 0 aliphatic heterocycles. The quantitative estimate of drug-likeness (QED) is 0.713. The van der Waals surface area contributed by atoms with Crippen LogP contribution < -0.4 is 11.1 Å². The first kappa shape index (κ1) is 16.4. The average molecular weight is 299 g/mol. The summed E-state index contributed by atoms with van der Waals surface area (Å²) in [5, 5.41) is 12.0. The molecule has 0 radical (unpaired) electrons. The first-order chi connectivity index (χ1) is 9.29. The molecule has 1 unspecified atom stereocenters. The molecule has 112 valence electrons. The number of aromatic nitrogens is 1. The third-order valence-electron chi connectivity index (χ3n) is 2.84. The lowest BCUT2D eigenvalue weighted by atomic mass is 9.94. The number of hydrogen-bond acceptors (Lipinski definition) is 5. The Bertz CT molecular complexity index is 485. The second kappa shape index (κ2) is 7.23. The summed E-state index contributed by atoms with van der Waals surface area (Å²) in [6.07, 6.45) is 0.818. The van der Waals surface area contributed by atoms with E-state index in [0.717, 1.165) is 17.8 Å². The summed E-state index contributed by atoms with van der Waals surface area (Å²) in [6, 6.07) is 0. The predicted molar refractivity (Wildman–Crippen MR) is 78.8 cm³/mol. The van der Waals surface area contributed by atoms with E-state index >= 15 is 0 Å². The van der Waals surface area contributed by atoms with Crippen LogP contribution in [0.1, 0.15) is 42.1 Å². The highest BCUT2D eigenvalue weighted by atomic mass is 32.1. The van der Waals surface area contributed by atoms with E-state index in [1.807, 2.05) is 13.8 Å². The Balaban J connectivity index is 2.60. The van der Waals surface area contributed by atoms with Gasteiger partial charge in [0.15, 0.2) is 5.13 Å². The Kier molecular flexibility index (Phi) is 5.94. The smallest absolute Gasteiger partial charge is 0.303 e. The fraction of sp³-hybridized carbons (Fsp3) is 0.615. The molecule has 20 heavy (non-hydrogen) atoms. The monoisotopic (exact) mass is 299 g/mol. The van der Waals surface area contributed by atoms with Gasteiger partial charge in [-0.1, -0.05) is 25.2 Å². The Morgan fingerprint density at radius 3 is 2.55 bits per heavy atom. The minimum atomic E-state index is -0.844. The van der Waals surface area contributed by atoms with Crippen molar-refractivity contribution in [2.75, 3.05) is 12.3 Å². The number of carbonyl (C=O) groups excluding carboxylic acids is 1. The SMILES string of the molecule is Cc1nc(N)sc1C(=O)NCC(CC(=O)O)CC(C)C. The van der Waals surface area contributed by atoms with Gasteiger partial charge in [-0.25, -0.2) is 4.98 Å². The first-order valence-electron chi connectivity index (χ1n) is 6.52. The molecule has 0 aliphatic rings. The second-order valence-corrected chi connectivity index (χ2v) is 6.30. The van der Waals surface area contributed by atoms with Crippen molar-refractivity contribution in [3.63, 3.8) is 0 Å². The number of nitrogen functional groups attached to an aromatic ring is 1. The van der Waals surface area contributed by atoms with E-state index in [1.54, 1.807) is 6.92 Å². The van der Waals surface area contributed by atoms with Gasteiger partial charge in [0, 0.05) is 13.0 Å². The third-order valence-corrected chi connectivity index (χ3v) is 3.82. The average Bonchev–Trinajstić information content (AvgIpc) is 2.63. The standard InChI is InChI=1S/C13H21N3O3S/c1-7(2)4-9(5-10(17)18)6-15-12(19)11-8(3)16-13(14)20-11/h7,9H,4-6H2,1-3H3,(H2,14,16)(H,15,19)(H,17,18). The minimum absolute atomic E-state index is 0.0578. The summed E-state index contributed by atoms with van der Waals surface area (Å²) in [6.45, 7) is 6.14. The van der Waals surface area contributed by atoms with Crippen molar-refractivity contribution < 1.29 is 14.7 Å².